The molecule has 147 valence electrons. The van der Waals surface area contributed by atoms with Gasteiger partial charge in [-0.05, 0) is 39.5 Å². The zero-order chi connectivity index (χ0) is 18.8. The van der Waals surface area contributed by atoms with Gasteiger partial charge in [0.2, 0.25) is 0 Å². The third kappa shape index (κ3) is 7.38. The maximum atomic E-state index is 4.91. The van der Waals surface area contributed by atoms with Gasteiger partial charge in [-0.2, -0.15) is 0 Å². The molecule has 2 fully saturated rings. The van der Waals surface area contributed by atoms with Gasteiger partial charge in [0.1, 0.15) is 0 Å². The molecule has 0 amide bonds. The molecule has 2 aliphatic rings. The first-order valence-electron chi connectivity index (χ1n) is 9.72. The molecule has 1 aromatic heterocycles. The molecule has 3 rings (SSSR count). The van der Waals surface area contributed by atoms with Crippen LogP contribution in [-0.4, -0.2) is 23.5 Å². The minimum absolute atomic E-state index is 0.194. The van der Waals surface area contributed by atoms with Gasteiger partial charge in [-0.25, -0.2) is 0 Å². The number of hydrogen-bond acceptors (Lipinski definition) is 2. The molecule has 0 atom stereocenters. The van der Waals surface area contributed by atoms with Crippen LogP contribution in [-0.2, 0) is 13.1 Å². The molecule has 0 unspecified atom stereocenters. The van der Waals surface area contributed by atoms with Crippen LogP contribution in [0.2, 0.25) is 0 Å². The van der Waals surface area contributed by atoms with Crippen molar-refractivity contribution in [3.63, 3.8) is 0 Å². The number of nitrogens with zero attached hydrogens (tertiary/aromatic N) is 3. The summed E-state index contributed by atoms with van der Waals surface area (Å²) in [6.45, 7) is 4.21. The van der Waals surface area contributed by atoms with E-state index in [9.17, 15) is 0 Å². The van der Waals surface area contributed by atoms with Crippen molar-refractivity contribution < 1.29 is 13.1 Å². The average molecular weight is 439 g/mol. The Labute approximate surface area is 173 Å². The van der Waals surface area contributed by atoms with Crippen molar-refractivity contribution in [2.24, 2.45) is 9.98 Å². The van der Waals surface area contributed by atoms with Crippen LogP contribution < -0.4 is 4.98 Å². The second kappa shape index (κ2) is 12.2. The number of aliphatic imine (C=N–C) groups is 2. The summed E-state index contributed by atoms with van der Waals surface area (Å²) in [6, 6.07) is 5.25. The molecule has 3 nitrogen and oxygen atoms in total. The van der Waals surface area contributed by atoms with Gasteiger partial charge in [-0.1, -0.05) is 50.7 Å². The Hall–Kier alpha value is -0.281. The van der Waals surface area contributed by atoms with Crippen LogP contribution in [0.25, 0.3) is 0 Å². The quantitative estimate of drug-likeness (QED) is 0.401. The summed E-state index contributed by atoms with van der Waals surface area (Å²) in [7, 11) is 9.53. The first-order chi connectivity index (χ1) is 12.6. The van der Waals surface area contributed by atoms with Crippen molar-refractivity contribution in [3.05, 3.63) is 23.5 Å². The molecule has 1 heterocycles. The Balaban J connectivity index is 0.000000758. The fraction of sp³-hybridized carbons (Fsp3) is 0.700. The van der Waals surface area contributed by atoms with Crippen LogP contribution in [0.5, 0.6) is 0 Å². The number of aromatic nitrogens is 1. The minimum atomic E-state index is 0.194. The normalized spacial score (nSPS) is 20.6. The van der Waals surface area contributed by atoms with Crippen molar-refractivity contribution in [1.29, 1.82) is 0 Å². The average Bonchev–Trinajstić information content (AvgIpc) is 3.15. The van der Waals surface area contributed by atoms with E-state index >= 15 is 0 Å². The second-order valence-corrected chi connectivity index (χ2v) is 9.10. The van der Waals surface area contributed by atoms with E-state index in [4.69, 9.17) is 35.2 Å². The van der Waals surface area contributed by atoms with Crippen molar-refractivity contribution in [2.75, 3.05) is 0 Å². The van der Waals surface area contributed by atoms with Gasteiger partial charge in [-0.3, -0.25) is 9.98 Å². The van der Waals surface area contributed by atoms with Crippen molar-refractivity contribution in [1.82, 2.24) is 4.98 Å². The fourth-order valence-corrected chi connectivity index (χ4v) is 3.87. The Kier molecular flexibility index (Phi) is 10.4. The number of halogens is 2. The van der Waals surface area contributed by atoms with Gasteiger partial charge in [0.05, 0.1) is 12.1 Å². The molecule has 0 N–H and O–H groups in total. The molecule has 26 heavy (non-hydrogen) atoms. The summed E-state index contributed by atoms with van der Waals surface area (Å²) >= 11 is 0.194. The molecule has 0 aliphatic heterocycles. The van der Waals surface area contributed by atoms with Gasteiger partial charge in [0.25, 0.3) is 0 Å². The topological polar surface area (TPSA) is 38.8 Å². The van der Waals surface area contributed by atoms with E-state index in [2.05, 4.69) is 26.0 Å². The Morgan fingerprint density at radius 3 is 1.50 bits per heavy atom. The van der Waals surface area contributed by atoms with Crippen LogP contribution in [0, 0.1) is 0 Å². The third-order valence-electron chi connectivity index (χ3n) is 5.28. The molecule has 6 heteroatoms. The van der Waals surface area contributed by atoms with E-state index in [0.717, 1.165) is 22.8 Å². The molecule has 2 aliphatic carbocycles. The molecule has 1 aromatic rings. The van der Waals surface area contributed by atoms with Crippen molar-refractivity contribution in [3.8, 4) is 0 Å². The molecule has 0 radical (unpaired) electrons. The standard InChI is InChI=1S/C20H30N3.2ClH.Fe/c1-15(21-17-9-5-3-6-10-17)19-13-14-20(23-19)16(2)22-18-11-7-4-8-12-18;;;/h13-14,17-18H,3-12H2,1-2H3;2*1H;/q-1;;;+3/p-2. The van der Waals surface area contributed by atoms with Crippen LogP contribution >= 0.6 is 20.2 Å². The van der Waals surface area contributed by atoms with E-state index in [0.29, 0.717) is 12.1 Å². The van der Waals surface area contributed by atoms with E-state index in [1.165, 1.54) is 64.2 Å². The van der Waals surface area contributed by atoms with Crippen LogP contribution in [0.3, 0.4) is 0 Å². The predicted molar refractivity (Wildman–Crippen MR) is 110 cm³/mol. The van der Waals surface area contributed by atoms with Crippen LogP contribution in [0.4, 0.5) is 0 Å². The maximum absolute atomic E-state index is 4.91. The third-order valence-corrected chi connectivity index (χ3v) is 5.28. The van der Waals surface area contributed by atoms with Gasteiger partial charge in [0.15, 0.2) is 0 Å². The van der Waals surface area contributed by atoms with E-state index < -0.39 is 0 Å². The Morgan fingerprint density at radius 1 is 0.808 bits per heavy atom. The first kappa shape index (κ1) is 22.0. The van der Waals surface area contributed by atoms with Gasteiger partial charge in [0, 0.05) is 11.4 Å². The monoisotopic (exact) mass is 438 g/mol. The molecule has 2 saturated carbocycles. The SMILES string of the molecule is CC(=NC1CCCCC1)c1ccc(C(C)=NC2CCCCC2)[n-]1.[Cl][Fe+][Cl]. The first-order valence-corrected chi connectivity index (χ1v) is 12.8. The van der Waals surface area contributed by atoms with Gasteiger partial charge < -0.3 is 4.98 Å². The Morgan fingerprint density at radius 2 is 1.15 bits per heavy atom. The molecular formula is C20H30Cl2FeN3. The number of rotatable bonds is 4. The molecule has 0 saturated heterocycles. The zero-order valence-corrected chi connectivity index (χ0v) is 18.4. The van der Waals surface area contributed by atoms with Gasteiger partial charge in [-0.15, -0.1) is 11.4 Å². The predicted octanol–water partition coefficient (Wildman–Crippen LogP) is 6.30. The molecule has 0 aromatic carbocycles. The summed E-state index contributed by atoms with van der Waals surface area (Å²) in [5, 5.41) is 0. The van der Waals surface area contributed by atoms with Crippen molar-refractivity contribution >= 4 is 31.6 Å². The van der Waals surface area contributed by atoms with Gasteiger partial charge >= 0.3 is 33.3 Å². The summed E-state index contributed by atoms with van der Waals surface area (Å²) in [5.41, 5.74) is 4.25. The number of hydrogen-bond donors (Lipinski definition) is 0. The van der Waals surface area contributed by atoms with E-state index in [1.54, 1.807) is 0 Å². The Bertz CT molecular complexity index is 537. The molecular weight excluding hydrogens is 409 g/mol. The van der Waals surface area contributed by atoms with Crippen molar-refractivity contribution in [2.45, 2.75) is 90.1 Å². The summed E-state index contributed by atoms with van der Waals surface area (Å²) in [6.07, 6.45) is 13.0. The zero-order valence-electron chi connectivity index (χ0n) is 15.8. The van der Waals surface area contributed by atoms with Crippen LogP contribution in [0.15, 0.2) is 22.1 Å². The van der Waals surface area contributed by atoms with E-state index in [-0.39, 0.29) is 13.1 Å². The molecule has 0 bridgehead atoms. The fourth-order valence-electron chi connectivity index (χ4n) is 3.87. The van der Waals surface area contributed by atoms with Crippen LogP contribution in [0.1, 0.15) is 89.4 Å². The molecule has 0 spiro atoms. The summed E-state index contributed by atoms with van der Waals surface area (Å²) in [5.74, 6) is 0. The van der Waals surface area contributed by atoms with E-state index in [1.807, 2.05) is 0 Å². The summed E-state index contributed by atoms with van der Waals surface area (Å²) in [4.78, 5) is 14.6. The summed E-state index contributed by atoms with van der Waals surface area (Å²) < 4.78 is 0. The second-order valence-electron chi connectivity index (χ2n) is 7.28.